The Bertz CT molecular complexity index is 485. The fraction of sp³-hybridized carbons (Fsp3) is 0.950. The third-order valence-electron chi connectivity index (χ3n) is 8.27. The van der Waals surface area contributed by atoms with E-state index in [9.17, 15) is 4.79 Å². The van der Waals surface area contributed by atoms with Crippen molar-refractivity contribution in [1.29, 1.82) is 0 Å². The van der Waals surface area contributed by atoms with Gasteiger partial charge in [0.2, 0.25) is 0 Å². The number of carbonyl (C=O) groups excluding carboxylic acids is 1. The molecule has 4 bridgehead atoms. The summed E-state index contributed by atoms with van der Waals surface area (Å²) in [6.45, 7) is 21.4. The monoisotopic (exact) mass is 410 g/mol. The third kappa shape index (κ3) is 2.90. The maximum absolute atomic E-state index is 14.7. The van der Waals surface area contributed by atoms with E-state index in [2.05, 4.69) is 58.9 Å². The van der Waals surface area contributed by atoms with Gasteiger partial charge >= 0.3 is 0 Å². The molecule has 0 aromatic heterocycles. The van der Waals surface area contributed by atoms with E-state index in [1.54, 1.807) is 0 Å². The molecule has 0 heterocycles. The predicted octanol–water partition coefficient (Wildman–Crippen LogP) is 5.87. The Labute approximate surface area is 160 Å². The molecule has 0 aliphatic heterocycles. The molecule has 0 unspecified atom stereocenters. The minimum absolute atomic E-state index is 0.490. The smallest absolute Gasteiger partial charge is 0.112 e. The molecular weight excluding hydrogens is 369 g/mol. The molecule has 144 valence electrons. The molecular formula is C20H42OSi4. The van der Waals surface area contributed by atoms with Crippen molar-refractivity contribution in [2.75, 3.05) is 0 Å². The van der Waals surface area contributed by atoms with E-state index in [0.717, 1.165) is 29.1 Å². The van der Waals surface area contributed by atoms with Gasteiger partial charge < -0.3 is 4.79 Å². The van der Waals surface area contributed by atoms with Gasteiger partial charge in [0.15, 0.2) is 0 Å². The van der Waals surface area contributed by atoms with Crippen LogP contribution in [0.4, 0.5) is 0 Å². The van der Waals surface area contributed by atoms with Crippen molar-refractivity contribution < 1.29 is 4.79 Å². The number of hydrogen-bond donors (Lipinski definition) is 0. The van der Waals surface area contributed by atoms with Crippen LogP contribution in [0.15, 0.2) is 0 Å². The van der Waals surface area contributed by atoms with Crippen LogP contribution in [0.2, 0.25) is 58.9 Å². The van der Waals surface area contributed by atoms with E-state index in [1.807, 2.05) is 0 Å². The highest BCUT2D eigenvalue weighted by atomic mass is 29.9. The molecule has 0 radical (unpaired) electrons. The highest BCUT2D eigenvalue weighted by Gasteiger charge is 2.69. The zero-order valence-corrected chi connectivity index (χ0v) is 22.3. The second kappa shape index (κ2) is 6.02. The van der Waals surface area contributed by atoms with E-state index < -0.39 is 29.4 Å². The van der Waals surface area contributed by atoms with Gasteiger partial charge in [0, 0.05) is 28.7 Å². The Kier molecular flexibility index (Phi) is 4.88. The summed E-state index contributed by atoms with van der Waals surface area (Å²) in [5.74, 6) is 4.01. The van der Waals surface area contributed by atoms with E-state index in [0.29, 0.717) is 5.92 Å². The first-order chi connectivity index (χ1) is 11.2. The van der Waals surface area contributed by atoms with Crippen molar-refractivity contribution in [2.24, 2.45) is 29.6 Å². The van der Waals surface area contributed by atoms with Gasteiger partial charge in [-0.3, -0.25) is 0 Å². The van der Waals surface area contributed by atoms with Crippen molar-refractivity contribution in [3.63, 3.8) is 0 Å². The summed E-state index contributed by atoms with van der Waals surface area (Å²) in [6, 6.07) is 0. The molecule has 0 aromatic rings. The van der Waals surface area contributed by atoms with E-state index >= 15 is 0 Å². The lowest BCUT2D eigenvalue weighted by Gasteiger charge is -2.61. The molecule has 4 rings (SSSR count). The van der Waals surface area contributed by atoms with Crippen molar-refractivity contribution in [3.8, 4) is 0 Å². The van der Waals surface area contributed by atoms with Gasteiger partial charge in [-0.1, -0.05) is 58.9 Å². The number of hydrogen-bond acceptors (Lipinski definition) is 1. The second-order valence-corrected chi connectivity index (χ2v) is 53.1. The van der Waals surface area contributed by atoms with Crippen LogP contribution in [0.3, 0.4) is 0 Å². The number of rotatable bonds is 5. The molecule has 4 fully saturated rings. The molecule has 5 heteroatoms. The zero-order valence-electron chi connectivity index (χ0n) is 18.3. The Hall–Kier alpha value is 0.538. The predicted molar refractivity (Wildman–Crippen MR) is 121 cm³/mol. The molecule has 0 spiro atoms. The Morgan fingerprint density at radius 1 is 0.600 bits per heavy atom. The molecule has 4 aliphatic carbocycles. The van der Waals surface area contributed by atoms with Crippen LogP contribution >= 0.6 is 0 Å². The van der Waals surface area contributed by atoms with Crippen molar-refractivity contribution in [1.82, 2.24) is 0 Å². The lowest BCUT2D eigenvalue weighted by molar-refractivity contribution is -0.128. The summed E-state index contributed by atoms with van der Waals surface area (Å²) in [5, 5.41) is 0.943. The first-order valence-corrected chi connectivity index (χ1v) is 26.2. The van der Waals surface area contributed by atoms with Gasteiger partial charge in [-0.15, -0.1) is 0 Å². The van der Waals surface area contributed by atoms with E-state index in [1.165, 1.54) is 32.1 Å². The maximum Gasteiger partial charge on any atom is 0.112 e. The fourth-order valence-electron chi connectivity index (χ4n) is 9.09. The van der Waals surface area contributed by atoms with Crippen molar-refractivity contribution in [3.05, 3.63) is 0 Å². The highest BCUT2D eigenvalue weighted by Crippen LogP contribution is 2.58. The van der Waals surface area contributed by atoms with Crippen LogP contribution in [-0.2, 0) is 4.79 Å². The normalized spacial score (nSPS) is 36.0. The second-order valence-electron chi connectivity index (χ2n) is 12.8. The average molecular weight is 411 g/mol. The minimum Gasteiger partial charge on any atom is -0.306 e. The summed E-state index contributed by atoms with van der Waals surface area (Å²) in [4.78, 5) is 14.7. The molecule has 0 amide bonds. The Morgan fingerprint density at radius 3 is 1.20 bits per heavy atom. The SMILES string of the molecule is C[Si](C)(C)[Si](C(=O)C1C2CC3CC(C2)CC1C3)([Si](C)(C)C)[Si](C)(C)C. The first kappa shape index (κ1) is 20.3. The molecule has 4 saturated carbocycles. The number of carbonyl (C=O) groups is 1. The fourth-order valence-corrected chi connectivity index (χ4v) is 108. The Morgan fingerprint density at radius 2 is 0.920 bits per heavy atom. The summed E-state index contributed by atoms with van der Waals surface area (Å²) >= 11 is 0. The summed E-state index contributed by atoms with van der Waals surface area (Å²) in [7, 11) is -4.49. The largest absolute Gasteiger partial charge is 0.306 e. The molecule has 1 nitrogen and oxygen atoms in total. The van der Waals surface area contributed by atoms with Gasteiger partial charge in [0.05, 0.1) is 0 Å². The van der Waals surface area contributed by atoms with Crippen molar-refractivity contribution in [2.45, 2.75) is 91.0 Å². The average Bonchev–Trinajstić information content (AvgIpc) is 2.31. The topological polar surface area (TPSA) is 17.1 Å². The van der Waals surface area contributed by atoms with Gasteiger partial charge in [-0.2, -0.15) is 0 Å². The van der Waals surface area contributed by atoms with Crippen LogP contribution in [-0.4, -0.2) is 34.8 Å². The highest BCUT2D eigenvalue weighted by molar-refractivity contribution is 7.96. The lowest BCUT2D eigenvalue weighted by Crippen LogP contribution is -2.88. The van der Waals surface area contributed by atoms with Crippen LogP contribution < -0.4 is 0 Å². The van der Waals surface area contributed by atoms with Gasteiger partial charge in [-0.25, -0.2) is 0 Å². The molecule has 0 atom stereocenters. The summed E-state index contributed by atoms with van der Waals surface area (Å²) < 4.78 is 0. The van der Waals surface area contributed by atoms with Gasteiger partial charge in [-0.05, 0) is 55.8 Å². The van der Waals surface area contributed by atoms with E-state index in [4.69, 9.17) is 0 Å². The van der Waals surface area contributed by atoms with E-state index in [-0.39, 0.29) is 0 Å². The summed E-state index contributed by atoms with van der Waals surface area (Å²) in [6.07, 6.45) is 7.09. The lowest BCUT2D eigenvalue weighted by atomic mass is 9.52. The zero-order chi connectivity index (χ0) is 19.0. The van der Waals surface area contributed by atoms with Crippen LogP contribution in [0, 0.1) is 29.6 Å². The minimum atomic E-state index is -1.89. The third-order valence-corrected chi connectivity index (χ3v) is 79.1. The standard InChI is InChI=1S/C20H42OSi4/c1-22(2,3)25(23(4,5)6,24(7,8)9)20(21)19-17-11-15-10-16(13-17)14-18(19)12-15/h15-19H,10-14H2,1-9H3. The molecule has 0 N–H and O–H groups in total. The van der Waals surface area contributed by atoms with Gasteiger partial charge in [0.25, 0.3) is 0 Å². The first-order valence-electron chi connectivity index (χ1n) is 10.7. The van der Waals surface area contributed by atoms with Crippen LogP contribution in [0.25, 0.3) is 0 Å². The van der Waals surface area contributed by atoms with Crippen LogP contribution in [0.5, 0.6) is 0 Å². The molecule has 25 heavy (non-hydrogen) atoms. The Balaban J connectivity index is 2.09. The molecule has 0 saturated heterocycles. The molecule has 0 aromatic carbocycles. The molecule has 4 aliphatic rings. The summed E-state index contributed by atoms with van der Waals surface area (Å²) in [5.41, 5.74) is 0. The van der Waals surface area contributed by atoms with Crippen LogP contribution in [0.1, 0.15) is 32.1 Å². The quantitative estimate of drug-likeness (QED) is 0.518. The maximum atomic E-state index is 14.7. The van der Waals surface area contributed by atoms with Crippen molar-refractivity contribution >= 4 is 34.8 Å². The van der Waals surface area contributed by atoms with Gasteiger partial charge in [0.1, 0.15) is 12.0 Å².